The van der Waals surface area contributed by atoms with E-state index in [0.717, 1.165) is 43.0 Å². The Morgan fingerprint density at radius 3 is 2.79 bits per heavy atom. The molecule has 1 aliphatic heterocycles. The highest BCUT2D eigenvalue weighted by atomic mass is 127. The van der Waals surface area contributed by atoms with Crippen LogP contribution in [0.5, 0.6) is 0 Å². The number of aromatic nitrogens is 1. The number of aliphatic imine (C=N–C) groups is 1. The molecule has 6 nitrogen and oxygen atoms in total. The minimum atomic E-state index is 0. The van der Waals surface area contributed by atoms with Gasteiger partial charge in [-0.1, -0.05) is 6.92 Å². The predicted octanol–water partition coefficient (Wildman–Crippen LogP) is 2.70. The van der Waals surface area contributed by atoms with Crippen LogP contribution in [-0.2, 0) is 6.54 Å². The summed E-state index contributed by atoms with van der Waals surface area (Å²) in [4.78, 5) is 11.5. The van der Waals surface area contributed by atoms with E-state index in [1.807, 2.05) is 13.8 Å². The van der Waals surface area contributed by atoms with Gasteiger partial charge in [-0.05, 0) is 46.1 Å². The summed E-state index contributed by atoms with van der Waals surface area (Å²) < 4.78 is 5.57. The van der Waals surface area contributed by atoms with Crippen LogP contribution in [0.4, 0.5) is 0 Å². The smallest absolute Gasteiger partial charge is 0.216 e. The van der Waals surface area contributed by atoms with Gasteiger partial charge in [0, 0.05) is 26.2 Å². The number of nitrogens with one attached hydrogen (secondary N) is 2. The van der Waals surface area contributed by atoms with Gasteiger partial charge in [0.2, 0.25) is 5.89 Å². The van der Waals surface area contributed by atoms with Crippen LogP contribution in [0.3, 0.4) is 0 Å². The lowest BCUT2D eigenvalue weighted by Crippen LogP contribution is -2.43. The van der Waals surface area contributed by atoms with Crippen molar-refractivity contribution in [2.45, 2.75) is 47.1 Å². The van der Waals surface area contributed by atoms with Gasteiger partial charge in [0.1, 0.15) is 12.3 Å². The second-order valence-electron chi connectivity index (χ2n) is 6.42. The van der Waals surface area contributed by atoms with Crippen LogP contribution in [0.25, 0.3) is 0 Å². The lowest BCUT2D eigenvalue weighted by atomic mass is 10.0. The summed E-state index contributed by atoms with van der Waals surface area (Å²) in [5.74, 6) is 3.18. The largest absolute Gasteiger partial charge is 0.444 e. The van der Waals surface area contributed by atoms with E-state index in [1.165, 1.54) is 25.9 Å². The van der Waals surface area contributed by atoms with Crippen LogP contribution in [0.1, 0.15) is 44.0 Å². The van der Waals surface area contributed by atoms with E-state index in [4.69, 9.17) is 4.42 Å². The normalized spacial score (nSPS) is 19.0. The van der Waals surface area contributed by atoms with E-state index in [1.54, 1.807) is 0 Å². The monoisotopic (exact) mass is 449 g/mol. The lowest BCUT2D eigenvalue weighted by molar-refractivity contribution is 0.187. The zero-order valence-corrected chi connectivity index (χ0v) is 17.7. The molecule has 1 aromatic heterocycles. The maximum Gasteiger partial charge on any atom is 0.216 e. The van der Waals surface area contributed by atoms with Crippen molar-refractivity contribution in [3.05, 3.63) is 17.3 Å². The maximum absolute atomic E-state index is 5.57. The second kappa shape index (κ2) is 10.9. The van der Waals surface area contributed by atoms with Gasteiger partial charge in [0.25, 0.3) is 0 Å². The highest BCUT2D eigenvalue weighted by Crippen LogP contribution is 2.14. The van der Waals surface area contributed by atoms with E-state index in [0.29, 0.717) is 12.4 Å². The van der Waals surface area contributed by atoms with E-state index >= 15 is 0 Å². The van der Waals surface area contributed by atoms with E-state index in [2.05, 4.69) is 39.4 Å². The summed E-state index contributed by atoms with van der Waals surface area (Å²) in [6.07, 6.45) is 2.68. The second-order valence-corrected chi connectivity index (χ2v) is 6.42. The number of hydrogen-bond donors (Lipinski definition) is 2. The molecular formula is C17H32IN5O. The van der Waals surface area contributed by atoms with Gasteiger partial charge >= 0.3 is 0 Å². The highest BCUT2D eigenvalue weighted by molar-refractivity contribution is 14.0. The first-order chi connectivity index (χ1) is 11.1. The molecule has 1 saturated heterocycles. The number of oxazole rings is 1. The molecule has 0 saturated carbocycles. The molecular weight excluding hydrogens is 417 g/mol. The molecule has 0 spiro atoms. The fourth-order valence-electron chi connectivity index (χ4n) is 2.92. The zero-order chi connectivity index (χ0) is 16.7. The van der Waals surface area contributed by atoms with Crippen molar-refractivity contribution in [3.63, 3.8) is 0 Å². The van der Waals surface area contributed by atoms with Gasteiger partial charge < -0.3 is 20.0 Å². The molecule has 1 aliphatic rings. The van der Waals surface area contributed by atoms with E-state index in [9.17, 15) is 0 Å². The molecule has 7 heteroatoms. The molecule has 0 aliphatic carbocycles. The number of nitrogens with zero attached hydrogens (tertiary/aromatic N) is 3. The van der Waals surface area contributed by atoms with Crippen LogP contribution in [0, 0.1) is 19.8 Å². The standard InChI is InChI=1S/C17H31N5O.HI/c1-5-18-17(20-11-16-21-14(3)15(4)23-16)19-8-10-22-9-6-7-13(2)12-22;/h13H,5-12H2,1-4H3,(H2,18,19,20);1H. The minimum Gasteiger partial charge on any atom is -0.444 e. The van der Waals surface area contributed by atoms with Crippen molar-refractivity contribution in [3.8, 4) is 0 Å². The molecule has 0 amide bonds. The first-order valence-electron chi connectivity index (χ1n) is 8.76. The third-order valence-corrected chi connectivity index (χ3v) is 4.25. The fourth-order valence-corrected chi connectivity index (χ4v) is 2.92. The Morgan fingerprint density at radius 2 is 2.17 bits per heavy atom. The van der Waals surface area contributed by atoms with E-state index in [-0.39, 0.29) is 24.0 Å². The van der Waals surface area contributed by atoms with Crippen LogP contribution >= 0.6 is 24.0 Å². The average molecular weight is 449 g/mol. The molecule has 1 unspecified atom stereocenters. The molecule has 2 N–H and O–H groups in total. The van der Waals surface area contributed by atoms with Gasteiger partial charge in [-0.3, -0.25) is 0 Å². The maximum atomic E-state index is 5.57. The topological polar surface area (TPSA) is 65.7 Å². The number of hydrogen-bond acceptors (Lipinski definition) is 4. The third kappa shape index (κ3) is 6.96. The minimum absolute atomic E-state index is 0. The van der Waals surface area contributed by atoms with Crippen molar-refractivity contribution >= 4 is 29.9 Å². The molecule has 2 heterocycles. The fraction of sp³-hybridized carbons (Fsp3) is 0.765. The van der Waals surface area contributed by atoms with Crippen LogP contribution in [0.2, 0.25) is 0 Å². The van der Waals surface area contributed by atoms with Gasteiger partial charge in [0.15, 0.2) is 5.96 Å². The number of halogens is 1. The van der Waals surface area contributed by atoms with Crippen molar-refractivity contribution in [2.75, 3.05) is 32.7 Å². The van der Waals surface area contributed by atoms with Crippen LogP contribution in [-0.4, -0.2) is 48.6 Å². The molecule has 138 valence electrons. The number of piperidine rings is 1. The molecule has 0 radical (unpaired) electrons. The number of aryl methyl sites for hydroxylation is 2. The van der Waals surface area contributed by atoms with Crippen molar-refractivity contribution in [1.29, 1.82) is 0 Å². The molecule has 0 aromatic carbocycles. The number of likely N-dealkylation sites (tertiary alicyclic amines) is 1. The first kappa shape index (κ1) is 21.2. The molecule has 1 aromatic rings. The van der Waals surface area contributed by atoms with Gasteiger partial charge in [-0.25, -0.2) is 9.98 Å². The summed E-state index contributed by atoms with van der Waals surface area (Å²) in [6.45, 7) is 14.0. The summed E-state index contributed by atoms with van der Waals surface area (Å²) in [5, 5.41) is 6.67. The van der Waals surface area contributed by atoms with Gasteiger partial charge in [0.05, 0.1) is 5.69 Å². The number of rotatable bonds is 6. The molecule has 0 bridgehead atoms. The predicted molar refractivity (Wildman–Crippen MR) is 109 cm³/mol. The molecule has 2 rings (SSSR count). The third-order valence-electron chi connectivity index (χ3n) is 4.25. The Balaban J connectivity index is 0.00000288. The highest BCUT2D eigenvalue weighted by Gasteiger charge is 2.15. The Labute approximate surface area is 162 Å². The van der Waals surface area contributed by atoms with Crippen molar-refractivity contribution < 1.29 is 4.42 Å². The zero-order valence-electron chi connectivity index (χ0n) is 15.4. The Hall–Kier alpha value is -0.830. The molecule has 24 heavy (non-hydrogen) atoms. The molecule has 1 atom stereocenters. The molecule has 1 fully saturated rings. The van der Waals surface area contributed by atoms with Gasteiger partial charge in [-0.2, -0.15) is 0 Å². The number of guanidine groups is 1. The lowest BCUT2D eigenvalue weighted by Gasteiger charge is -2.30. The van der Waals surface area contributed by atoms with Crippen molar-refractivity contribution in [1.82, 2.24) is 20.5 Å². The SMILES string of the molecule is CCNC(=NCc1nc(C)c(C)o1)NCCN1CCCC(C)C1.I. The van der Waals surface area contributed by atoms with Gasteiger partial charge in [-0.15, -0.1) is 24.0 Å². The van der Waals surface area contributed by atoms with Crippen LogP contribution in [0.15, 0.2) is 9.41 Å². The summed E-state index contributed by atoms with van der Waals surface area (Å²) in [5.41, 5.74) is 0.937. The average Bonchev–Trinajstić information content (AvgIpc) is 2.83. The van der Waals surface area contributed by atoms with Crippen molar-refractivity contribution in [2.24, 2.45) is 10.9 Å². The Kier molecular flexibility index (Phi) is 9.65. The summed E-state index contributed by atoms with van der Waals surface area (Å²) in [6, 6.07) is 0. The summed E-state index contributed by atoms with van der Waals surface area (Å²) in [7, 11) is 0. The van der Waals surface area contributed by atoms with Crippen LogP contribution < -0.4 is 10.6 Å². The summed E-state index contributed by atoms with van der Waals surface area (Å²) >= 11 is 0. The Morgan fingerprint density at radius 1 is 1.38 bits per heavy atom. The van der Waals surface area contributed by atoms with E-state index < -0.39 is 0 Å². The quantitative estimate of drug-likeness (QED) is 0.397. The first-order valence-corrected chi connectivity index (χ1v) is 8.76. The Bertz CT molecular complexity index is 498.